The third kappa shape index (κ3) is 4.46. The molecule has 3 nitrogen and oxygen atoms in total. The summed E-state index contributed by atoms with van der Waals surface area (Å²) in [5, 5.41) is -0.362. The Morgan fingerprint density at radius 3 is 2.41 bits per heavy atom. The number of nitrogens with zero attached hydrogens (tertiary/aromatic N) is 1. The van der Waals surface area contributed by atoms with Gasteiger partial charge in [0.2, 0.25) is 0 Å². The largest absolute Gasteiger partial charge is 0.303 e. The summed E-state index contributed by atoms with van der Waals surface area (Å²) in [5.74, 6) is 0.500. The molecule has 0 aliphatic carbocycles. The van der Waals surface area contributed by atoms with Gasteiger partial charge in [-0.2, -0.15) is 0 Å². The van der Waals surface area contributed by atoms with Crippen molar-refractivity contribution in [3.63, 3.8) is 0 Å². The summed E-state index contributed by atoms with van der Waals surface area (Å²) in [4.78, 5) is 2.98. The molecule has 0 aromatic heterocycles. The average Bonchev–Trinajstić information content (AvgIpc) is 2.48. The molecule has 1 aliphatic heterocycles. The number of halogens is 1. The minimum Gasteiger partial charge on any atom is -0.303 e. The molecule has 0 N–H and O–H groups in total. The van der Waals surface area contributed by atoms with Crippen LogP contribution in [0.1, 0.15) is 51.5 Å². The first kappa shape index (κ1) is 19.5. The fraction of sp³-hybridized carbons (Fsp3) is 0.647. The summed E-state index contributed by atoms with van der Waals surface area (Å²) in [6.45, 7) is 9.12. The van der Waals surface area contributed by atoms with Gasteiger partial charge in [0.1, 0.15) is 0 Å². The maximum absolute atomic E-state index is 12.3. The zero-order valence-corrected chi connectivity index (χ0v) is 15.4. The molecule has 0 bridgehead atoms. The summed E-state index contributed by atoms with van der Waals surface area (Å²) < 4.78 is 24.6. The van der Waals surface area contributed by atoms with Crippen LogP contribution in [0.2, 0.25) is 0 Å². The summed E-state index contributed by atoms with van der Waals surface area (Å²) in [6.07, 6.45) is 3.46. The van der Waals surface area contributed by atoms with Gasteiger partial charge in [-0.3, -0.25) is 0 Å². The van der Waals surface area contributed by atoms with Gasteiger partial charge in [0.05, 0.1) is 10.1 Å². The van der Waals surface area contributed by atoms with E-state index in [4.69, 9.17) is 0 Å². The topological polar surface area (TPSA) is 37.4 Å². The Morgan fingerprint density at radius 1 is 1.23 bits per heavy atom. The van der Waals surface area contributed by atoms with E-state index in [9.17, 15) is 8.42 Å². The van der Waals surface area contributed by atoms with Gasteiger partial charge in [0.25, 0.3) is 0 Å². The van der Waals surface area contributed by atoms with Crippen LogP contribution in [0.3, 0.4) is 0 Å². The van der Waals surface area contributed by atoms with Crippen LogP contribution in [0.4, 0.5) is 0 Å². The standard InChI is InChI=1S/C17H27NO2S.ClH/c1-4-10-18-11-8-15(9-12-18)16-6-5-7-17(13-16)21(19,20)14(2)3;/h5-7,13-15H,4,8-12H2,1-3H3;1H. The Morgan fingerprint density at radius 2 is 1.86 bits per heavy atom. The molecule has 0 atom stereocenters. The van der Waals surface area contributed by atoms with Crippen molar-refractivity contribution in [2.45, 2.75) is 56.1 Å². The van der Waals surface area contributed by atoms with Gasteiger partial charge in [0.15, 0.2) is 9.84 Å². The molecule has 0 unspecified atom stereocenters. The Kier molecular flexibility index (Phi) is 7.36. The lowest BCUT2D eigenvalue weighted by atomic mass is 9.89. The molecule has 1 aromatic carbocycles. The third-order valence-electron chi connectivity index (χ3n) is 4.41. The normalized spacial score (nSPS) is 17.5. The van der Waals surface area contributed by atoms with Gasteiger partial charge in [-0.25, -0.2) is 8.42 Å². The zero-order valence-electron chi connectivity index (χ0n) is 13.8. The summed E-state index contributed by atoms with van der Waals surface area (Å²) >= 11 is 0. The van der Waals surface area contributed by atoms with Crippen molar-refractivity contribution in [2.75, 3.05) is 19.6 Å². The van der Waals surface area contributed by atoms with Crippen LogP contribution < -0.4 is 0 Å². The van der Waals surface area contributed by atoms with Gasteiger partial charge in [-0.05, 0) is 76.4 Å². The van der Waals surface area contributed by atoms with Crippen molar-refractivity contribution >= 4 is 22.2 Å². The quantitative estimate of drug-likeness (QED) is 0.812. The van der Waals surface area contributed by atoms with Crippen molar-refractivity contribution in [3.05, 3.63) is 29.8 Å². The molecule has 126 valence electrons. The molecule has 1 aromatic rings. The summed E-state index contributed by atoms with van der Waals surface area (Å²) in [7, 11) is -3.17. The second-order valence-electron chi connectivity index (χ2n) is 6.28. The van der Waals surface area contributed by atoms with Crippen molar-refractivity contribution in [3.8, 4) is 0 Å². The lowest BCUT2D eigenvalue weighted by molar-refractivity contribution is 0.212. The first-order valence-electron chi connectivity index (χ1n) is 8.01. The summed E-state index contributed by atoms with van der Waals surface area (Å²) in [6, 6.07) is 7.60. The number of sulfone groups is 1. The molecule has 1 aliphatic rings. The van der Waals surface area contributed by atoms with E-state index in [1.54, 1.807) is 19.9 Å². The predicted octanol–water partition coefficient (Wildman–Crippen LogP) is 3.88. The Balaban J connectivity index is 0.00000242. The molecule has 0 spiro atoms. The van der Waals surface area contributed by atoms with Crippen LogP contribution in [0.5, 0.6) is 0 Å². The number of hydrogen-bond donors (Lipinski definition) is 0. The third-order valence-corrected chi connectivity index (χ3v) is 6.56. The van der Waals surface area contributed by atoms with Crippen LogP contribution >= 0.6 is 12.4 Å². The van der Waals surface area contributed by atoms with E-state index in [1.165, 1.54) is 18.5 Å². The SMILES string of the molecule is CCCN1CCC(c2cccc(S(=O)(=O)C(C)C)c2)CC1.Cl. The van der Waals surface area contributed by atoms with Crippen LogP contribution in [0.15, 0.2) is 29.2 Å². The number of likely N-dealkylation sites (tertiary alicyclic amines) is 1. The average molecular weight is 346 g/mol. The van der Waals surface area contributed by atoms with E-state index in [0.717, 1.165) is 25.9 Å². The van der Waals surface area contributed by atoms with Crippen LogP contribution in [-0.2, 0) is 9.84 Å². The molecule has 1 saturated heterocycles. The van der Waals surface area contributed by atoms with Gasteiger partial charge in [-0.1, -0.05) is 19.1 Å². The van der Waals surface area contributed by atoms with Gasteiger partial charge < -0.3 is 4.90 Å². The first-order chi connectivity index (χ1) is 9.95. The highest BCUT2D eigenvalue weighted by atomic mass is 35.5. The maximum Gasteiger partial charge on any atom is 0.180 e. The number of benzene rings is 1. The predicted molar refractivity (Wildman–Crippen MR) is 94.7 cm³/mol. The Bertz CT molecular complexity index is 564. The Hall–Kier alpha value is -0.580. The lowest BCUT2D eigenvalue weighted by Crippen LogP contribution is -2.33. The van der Waals surface area contributed by atoms with E-state index < -0.39 is 9.84 Å². The molecule has 2 rings (SSSR count). The smallest absolute Gasteiger partial charge is 0.180 e. The second-order valence-corrected chi connectivity index (χ2v) is 8.79. The molecular formula is C17H28ClNO2S. The van der Waals surface area contributed by atoms with Gasteiger partial charge >= 0.3 is 0 Å². The highest BCUT2D eigenvalue weighted by molar-refractivity contribution is 7.92. The van der Waals surface area contributed by atoms with Crippen molar-refractivity contribution < 1.29 is 8.42 Å². The van der Waals surface area contributed by atoms with E-state index in [2.05, 4.69) is 17.9 Å². The van der Waals surface area contributed by atoms with Crippen LogP contribution in [-0.4, -0.2) is 38.2 Å². The minimum atomic E-state index is -3.17. The number of rotatable bonds is 5. The van der Waals surface area contributed by atoms with E-state index in [0.29, 0.717) is 10.8 Å². The Labute approximate surface area is 141 Å². The summed E-state index contributed by atoms with van der Waals surface area (Å²) in [5.41, 5.74) is 1.19. The second kappa shape index (κ2) is 8.32. The molecule has 1 heterocycles. The fourth-order valence-corrected chi connectivity index (χ4v) is 4.14. The van der Waals surface area contributed by atoms with E-state index in [1.807, 2.05) is 12.1 Å². The monoisotopic (exact) mass is 345 g/mol. The van der Waals surface area contributed by atoms with Gasteiger partial charge in [0, 0.05) is 0 Å². The highest BCUT2D eigenvalue weighted by Gasteiger charge is 2.23. The van der Waals surface area contributed by atoms with E-state index in [-0.39, 0.29) is 17.7 Å². The van der Waals surface area contributed by atoms with E-state index >= 15 is 0 Å². The van der Waals surface area contributed by atoms with Gasteiger partial charge in [-0.15, -0.1) is 12.4 Å². The molecule has 0 radical (unpaired) electrons. The molecule has 1 fully saturated rings. The number of piperidine rings is 1. The van der Waals surface area contributed by atoms with Crippen molar-refractivity contribution in [1.29, 1.82) is 0 Å². The molecular weight excluding hydrogens is 318 g/mol. The minimum absolute atomic E-state index is 0. The number of hydrogen-bond acceptors (Lipinski definition) is 3. The molecule has 5 heteroatoms. The highest BCUT2D eigenvalue weighted by Crippen LogP contribution is 2.30. The van der Waals surface area contributed by atoms with Crippen molar-refractivity contribution in [1.82, 2.24) is 4.90 Å². The van der Waals surface area contributed by atoms with Crippen molar-refractivity contribution in [2.24, 2.45) is 0 Å². The lowest BCUT2D eigenvalue weighted by Gasteiger charge is -2.32. The maximum atomic E-state index is 12.3. The van der Waals surface area contributed by atoms with Crippen LogP contribution in [0.25, 0.3) is 0 Å². The molecule has 0 amide bonds. The molecule has 22 heavy (non-hydrogen) atoms. The fourth-order valence-electron chi connectivity index (χ4n) is 3.02. The first-order valence-corrected chi connectivity index (χ1v) is 9.56. The van der Waals surface area contributed by atoms with Crippen LogP contribution in [0, 0.1) is 0 Å². The zero-order chi connectivity index (χ0) is 15.5. The molecule has 0 saturated carbocycles.